The number of ether oxygens (including phenoxy) is 1. The summed E-state index contributed by atoms with van der Waals surface area (Å²) < 4.78 is 19.7. The quantitative estimate of drug-likeness (QED) is 0.595. The lowest BCUT2D eigenvalue weighted by Gasteiger charge is -2.43. The van der Waals surface area contributed by atoms with E-state index in [-0.39, 0.29) is 37.2 Å². The van der Waals surface area contributed by atoms with Gasteiger partial charge in [0.05, 0.1) is 13.2 Å². The Hall–Kier alpha value is -3.51. The summed E-state index contributed by atoms with van der Waals surface area (Å²) >= 11 is 0. The highest BCUT2D eigenvalue weighted by Gasteiger charge is 2.46. The molecule has 2 amide bonds. The van der Waals surface area contributed by atoms with Crippen LogP contribution in [0.4, 0.5) is 4.39 Å². The molecule has 3 aromatic rings. The molecule has 33 heavy (non-hydrogen) atoms. The van der Waals surface area contributed by atoms with Crippen LogP contribution >= 0.6 is 0 Å². The molecule has 0 radical (unpaired) electrons. The third-order valence-electron chi connectivity index (χ3n) is 5.94. The van der Waals surface area contributed by atoms with E-state index >= 15 is 0 Å². The first-order valence-electron chi connectivity index (χ1n) is 10.9. The summed E-state index contributed by atoms with van der Waals surface area (Å²) in [6.45, 7) is 0.822. The van der Waals surface area contributed by atoms with Crippen LogP contribution < -0.4 is 0 Å². The minimum Gasteiger partial charge on any atom is -0.361 e. The van der Waals surface area contributed by atoms with E-state index in [0.717, 1.165) is 16.7 Å². The summed E-state index contributed by atoms with van der Waals surface area (Å²) in [4.78, 5) is 29.8. The van der Waals surface area contributed by atoms with E-state index in [1.54, 1.807) is 43.3 Å². The van der Waals surface area contributed by atoms with Crippen molar-refractivity contribution < 1.29 is 18.7 Å². The Morgan fingerprint density at radius 3 is 2.33 bits per heavy atom. The molecule has 6 heteroatoms. The molecule has 0 spiro atoms. The molecule has 0 unspecified atom stereocenters. The lowest BCUT2D eigenvalue weighted by molar-refractivity contribution is -0.165. The zero-order valence-electron chi connectivity index (χ0n) is 18.8. The van der Waals surface area contributed by atoms with Gasteiger partial charge in [-0.25, -0.2) is 4.39 Å². The molecule has 0 bridgehead atoms. The Morgan fingerprint density at radius 2 is 1.64 bits per heavy atom. The predicted molar refractivity (Wildman–Crippen MR) is 125 cm³/mol. The van der Waals surface area contributed by atoms with E-state index in [1.165, 1.54) is 17.0 Å². The predicted octanol–water partition coefficient (Wildman–Crippen LogP) is 4.03. The summed E-state index contributed by atoms with van der Waals surface area (Å²) in [6, 6.07) is 23.1. The SMILES string of the molecule is CN(C)C(=O)[C@]1(Cc2ccccc2-c2ccc(F)cc2)CN(C(=O)c2ccccc2)CCO1. The second-order valence-electron chi connectivity index (χ2n) is 8.48. The minimum absolute atomic E-state index is 0.123. The third-order valence-corrected chi connectivity index (χ3v) is 5.94. The van der Waals surface area contributed by atoms with Gasteiger partial charge in [-0.15, -0.1) is 0 Å². The summed E-state index contributed by atoms with van der Waals surface area (Å²) in [5.74, 6) is -0.621. The Morgan fingerprint density at radius 1 is 0.970 bits per heavy atom. The number of amides is 2. The number of morpholine rings is 1. The molecule has 0 N–H and O–H groups in total. The number of rotatable bonds is 5. The normalized spacial score (nSPS) is 18.1. The average molecular weight is 447 g/mol. The molecule has 0 aliphatic carbocycles. The van der Waals surface area contributed by atoms with Crippen LogP contribution in [0, 0.1) is 5.82 Å². The molecule has 0 aromatic heterocycles. The number of hydrogen-bond acceptors (Lipinski definition) is 3. The van der Waals surface area contributed by atoms with Gasteiger partial charge in [-0.1, -0.05) is 54.6 Å². The van der Waals surface area contributed by atoms with Crippen molar-refractivity contribution in [3.05, 3.63) is 95.8 Å². The Kier molecular flexibility index (Phi) is 6.56. The lowest BCUT2D eigenvalue weighted by Crippen LogP contribution is -2.61. The fourth-order valence-corrected chi connectivity index (χ4v) is 4.33. The molecule has 4 rings (SSSR count). The number of likely N-dealkylation sites (N-methyl/N-ethyl adjacent to an activating group) is 1. The van der Waals surface area contributed by atoms with Gasteiger partial charge in [-0.2, -0.15) is 0 Å². The van der Waals surface area contributed by atoms with Crippen LogP contribution in [0.25, 0.3) is 11.1 Å². The summed E-state index contributed by atoms with van der Waals surface area (Å²) in [7, 11) is 3.38. The topological polar surface area (TPSA) is 49.9 Å². The van der Waals surface area contributed by atoms with E-state index in [4.69, 9.17) is 4.74 Å². The van der Waals surface area contributed by atoms with Crippen molar-refractivity contribution in [3.63, 3.8) is 0 Å². The number of carbonyl (C=O) groups is 2. The molecule has 5 nitrogen and oxygen atoms in total. The van der Waals surface area contributed by atoms with Gasteiger partial charge in [0.2, 0.25) is 0 Å². The zero-order chi connectivity index (χ0) is 23.4. The number of nitrogens with zero attached hydrogens (tertiary/aromatic N) is 2. The number of carbonyl (C=O) groups excluding carboxylic acids is 2. The van der Waals surface area contributed by atoms with Crippen LogP contribution in [-0.4, -0.2) is 61.0 Å². The molecular weight excluding hydrogens is 419 g/mol. The van der Waals surface area contributed by atoms with Gasteiger partial charge in [-0.3, -0.25) is 9.59 Å². The van der Waals surface area contributed by atoms with Crippen LogP contribution in [0.1, 0.15) is 15.9 Å². The van der Waals surface area contributed by atoms with Crippen molar-refractivity contribution in [3.8, 4) is 11.1 Å². The van der Waals surface area contributed by atoms with Crippen LogP contribution in [0.5, 0.6) is 0 Å². The highest BCUT2D eigenvalue weighted by Crippen LogP contribution is 2.31. The van der Waals surface area contributed by atoms with Crippen LogP contribution in [0.3, 0.4) is 0 Å². The average Bonchev–Trinajstić information content (AvgIpc) is 2.84. The van der Waals surface area contributed by atoms with Crippen LogP contribution in [0.15, 0.2) is 78.9 Å². The molecule has 170 valence electrons. The first-order chi connectivity index (χ1) is 15.9. The van der Waals surface area contributed by atoms with Gasteiger partial charge in [-0.05, 0) is 41.0 Å². The monoisotopic (exact) mass is 446 g/mol. The van der Waals surface area contributed by atoms with E-state index in [1.807, 2.05) is 42.5 Å². The molecular formula is C27H27FN2O3. The van der Waals surface area contributed by atoms with E-state index in [9.17, 15) is 14.0 Å². The summed E-state index contributed by atoms with van der Waals surface area (Å²) in [6.07, 6.45) is 0.288. The van der Waals surface area contributed by atoms with Gasteiger partial charge < -0.3 is 14.5 Å². The van der Waals surface area contributed by atoms with E-state index < -0.39 is 5.60 Å². The fourth-order valence-electron chi connectivity index (χ4n) is 4.33. The Labute approximate surface area is 193 Å². The molecule has 1 aliphatic rings. The van der Waals surface area contributed by atoms with E-state index in [0.29, 0.717) is 12.1 Å². The van der Waals surface area contributed by atoms with Gasteiger partial charge in [0.15, 0.2) is 5.60 Å². The maximum absolute atomic E-state index is 13.5. The molecule has 0 saturated carbocycles. The molecule has 1 saturated heterocycles. The van der Waals surface area contributed by atoms with Crippen molar-refractivity contribution in [1.29, 1.82) is 0 Å². The first-order valence-corrected chi connectivity index (χ1v) is 10.9. The van der Waals surface area contributed by atoms with Crippen LogP contribution in [0.2, 0.25) is 0 Å². The highest BCUT2D eigenvalue weighted by molar-refractivity contribution is 5.95. The molecule has 3 aromatic carbocycles. The lowest BCUT2D eigenvalue weighted by atomic mass is 9.86. The standard InChI is InChI=1S/C27H27FN2O3/c1-29(2)26(32)27(19-30(16-17-33-27)25(31)21-8-4-3-5-9-21)18-22-10-6-7-11-24(22)20-12-14-23(28)15-13-20/h3-15H,16-19H2,1-2H3/t27-/m0/s1. The van der Waals surface area contributed by atoms with Crippen molar-refractivity contribution in [2.45, 2.75) is 12.0 Å². The Balaban J connectivity index is 1.70. The number of hydrogen-bond donors (Lipinski definition) is 0. The summed E-state index contributed by atoms with van der Waals surface area (Å²) in [5.41, 5.74) is 2.01. The van der Waals surface area contributed by atoms with Gasteiger partial charge >= 0.3 is 0 Å². The van der Waals surface area contributed by atoms with E-state index in [2.05, 4.69) is 0 Å². The Bertz CT molecular complexity index is 1130. The van der Waals surface area contributed by atoms with Gasteiger partial charge in [0.1, 0.15) is 5.82 Å². The fraction of sp³-hybridized carbons (Fsp3) is 0.259. The zero-order valence-corrected chi connectivity index (χ0v) is 18.8. The number of halogens is 1. The molecule has 1 atom stereocenters. The largest absolute Gasteiger partial charge is 0.361 e. The molecule has 1 fully saturated rings. The maximum atomic E-state index is 13.5. The second-order valence-corrected chi connectivity index (χ2v) is 8.48. The van der Waals surface area contributed by atoms with Gasteiger partial charge in [0, 0.05) is 32.6 Å². The van der Waals surface area contributed by atoms with Crippen molar-refractivity contribution in [2.75, 3.05) is 33.8 Å². The van der Waals surface area contributed by atoms with Crippen molar-refractivity contribution in [1.82, 2.24) is 9.80 Å². The first kappa shape index (κ1) is 22.7. The van der Waals surface area contributed by atoms with Crippen molar-refractivity contribution in [2.24, 2.45) is 0 Å². The van der Waals surface area contributed by atoms with Crippen molar-refractivity contribution >= 4 is 11.8 Å². The molecule has 1 heterocycles. The van der Waals surface area contributed by atoms with Crippen LogP contribution in [-0.2, 0) is 16.0 Å². The maximum Gasteiger partial charge on any atom is 0.256 e. The molecule has 1 aliphatic heterocycles. The second kappa shape index (κ2) is 9.55. The minimum atomic E-state index is -1.22. The highest BCUT2D eigenvalue weighted by atomic mass is 19.1. The summed E-state index contributed by atoms with van der Waals surface area (Å²) in [5, 5.41) is 0. The third kappa shape index (κ3) is 4.81. The van der Waals surface area contributed by atoms with Gasteiger partial charge in [0.25, 0.3) is 11.8 Å². The number of benzene rings is 3. The smallest absolute Gasteiger partial charge is 0.256 e.